The molecule has 6 heteroatoms. The van der Waals surface area contributed by atoms with Gasteiger partial charge in [-0.15, -0.1) is 0 Å². The molecular weight excluding hydrogens is 224 g/mol. The maximum Gasteiger partial charge on any atom is 0.326 e. The highest BCUT2D eigenvalue weighted by atomic mass is 16.4. The average Bonchev–Trinajstić information content (AvgIpc) is 2.25. The van der Waals surface area contributed by atoms with Crippen molar-refractivity contribution in [1.29, 1.82) is 0 Å². The van der Waals surface area contributed by atoms with Gasteiger partial charge >= 0.3 is 5.97 Å². The Kier molecular flexibility index (Phi) is 4.03. The fourth-order valence-corrected chi connectivity index (χ4v) is 1.33. The van der Waals surface area contributed by atoms with E-state index in [0.717, 1.165) is 0 Å². The Morgan fingerprint density at radius 2 is 2.06 bits per heavy atom. The van der Waals surface area contributed by atoms with Gasteiger partial charge in [0.2, 0.25) is 0 Å². The fourth-order valence-electron chi connectivity index (χ4n) is 1.33. The first-order chi connectivity index (χ1) is 7.93. The quantitative estimate of drug-likeness (QED) is 0.698. The number of hydrogen-bond acceptors (Lipinski definition) is 3. The molecule has 0 aliphatic carbocycles. The van der Waals surface area contributed by atoms with E-state index in [0.29, 0.717) is 0 Å². The van der Waals surface area contributed by atoms with Gasteiger partial charge < -0.3 is 15.4 Å². The van der Waals surface area contributed by atoms with E-state index in [1.54, 1.807) is 13.8 Å². The number of hydrogen-bond donors (Lipinski definition) is 3. The number of aromatic amines is 1. The van der Waals surface area contributed by atoms with Crippen LogP contribution in [0.25, 0.3) is 0 Å². The summed E-state index contributed by atoms with van der Waals surface area (Å²) in [4.78, 5) is 36.2. The maximum atomic E-state index is 11.7. The topological polar surface area (TPSA) is 99.3 Å². The molecule has 0 fully saturated rings. The third-order valence-electron chi connectivity index (χ3n) is 2.28. The third-order valence-corrected chi connectivity index (χ3v) is 2.28. The van der Waals surface area contributed by atoms with Gasteiger partial charge in [-0.05, 0) is 18.1 Å². The molecular formula is C11H14N2O4. The second-order valence-corrected chi connectivity index (χ2v) is 3.95. The maximum absolute atomic E-state index is 11.7. The highest BCUT2D eigenvalue weighted by Gasteiger charge is 2.24. The average molecular weight is 238 g/mol. The largest absolute Gasteiger partial charge is 0.480 e. The lowest BCUT2D eigenvalue weighted by Crippen LogP contribution is -2.45. The lowest BCUT2D eigenvalue weighted by Gasteiger charge is -2.17. The summed E-state index contributed by atoms with van der Waals surface area (Å²) in [5, 5.41) is 11.2. The number of H-pyrrole nitrogens is 1. The molecule has 1 aromatic heterocycles. The van der Waals surface area contributed by atoms with Crippen LogP contribution in [0, 0.1) is 5.92 Å². The monoisotopic (exact) mass is 238 g/mol. The zero-order valence-corrected chi connectivity index (χ0v) is 9.56. The van der Waals surface area contributed by atoms with Gasteiger partial charge in [0, 0.05) is 6.20 Å². The van der Waals surface area contributed by atoms with Gasteiger partial charge in [0.05, 0.1) is 0 Å². The van der Waals surface area contributed by atoms with Gasteiger partial charge in [0.1, 0.15) is 11.6 Å². The van der Waals surface area contributed by atoms with Gasteiger partial charge in [-0.25, -0.2) is 4.79 Å². The van der Waals surface area contributed by atoms with Crippen LogP contribution >= 0.6 is 0 Å². The van der Waals surface area contributed by atoms with Crippen molar-refractivity contribution >= 4 is 11.9 Å². The van der Waals surface area contributed by atoms with E-state index in [1.165, 1.54) is 18.3 Å². The molecule has 1 heterocycles. The molecule has 0 unspecified atom stereocenters. The van der Waals surface area contributed by atoms with Gasteiger partial charge in [-0.2, -0.15) is 0 Å². The number of carbonyl (C=O) groups is 2. The van der Waals surface area contributed by atoms with E-state index in [-0.39, 0.29) is 11.5 Å². The van der Waals surface area contributed by atoms with Crippen LogP contribution in [-0.4, -0.2) is 28.0 Å². The predicted octanol–water partition coefficient (Wildman–Crippen LogP) is 0.214. The molecule has 6 nitrogen and oxygen atoms in total. The molecule has 1 rings (SSSR count). The molecule has 3 N–H and O–H groups in total. The Morgan fingerprint density at radius 1 is 1.41 bits per heavy atom. The Labute approximate surface area is 97.7 Å². The number of pyridine rings is 1. The van der Waals surface area contributed by atoms with Crippen molar-refractivity contribution in [2.45, 2.75) is 19.9 Å². The minimum Gasteiger partial charge on any atom is -0.480 e. The number of amides is 1. The first kappa shape index (κ1) is 13.0. The van der Waals surface area contributed by atoms with Crippen molar-refractivity contribution in [3.63, 3.8) is 0 Å². The van der Waals surface area contributed by atoms with Crippen LogP contribution in [0.5, 0.6) is 0 Å². The third kappa shape index (κ3) is 3.17. The highest BCUT2D eigenvalue weighted by molar-refractivity contribution is 5.96. The molecule has 0 radical (unpaired) electrons. The molecule has 1 aromatic rings. The van der Waals surface area contributed by atoms with E-state index in [9.17, 15) is 14.4 Å². The summed E-state index contributed by atoms with van der Waals surface area (Å²) in [6.45, 7) is 3.35. The number of carboxylic acids is 1. The summed E-state index contributed by atoms with van der Waals surface area (Å²) in [7, 11) is 0. The van der Waals surface area contributed by atoms with E-state index < -0.39 is 23.5 Å². The molecule has 1 amide bonds. The van der Waals surface area contributed by atoms with Gasteiger partial charge in [0.25, 0.3) is 11.5 Å². The van der Waals surface area contributed by atoms with Crippen molar-refractivity contribution in [2.24, 2.45) is 5.92 Å². The highest BCUT2D eigenvalue weighted by Crippen LogP contribution is 2.02. The lowest BCUT2D eigenvalue weighted by atomic mass is 10.0. The van der Waals surface area contributed by atoms with Crippen LogP contribution < -0.4 is 10.9 Å². The molecule has 1 atom stereocenters. The van der Waals surface area contributed by atoms with Crippen LogP contribution in [0.4, 0.5) is 0 Å². The van der Waals surface area contributed by atoms with Crippen LogP contribution in [-0.2, 0) is 4.79 Å². The molecule has 0 aliphatic rings. The molecule has 0 spiro atoms. The van der Waals surface area contributed by atoms with Crippen LogP contribution in [0.2, 0.25) is 0 Å². The van der Waals surface area contributed by atoms with Gasteiger partial charge in [0.15, 0.2) is 0 Å². The van der Waals surface area contributed by atoms with Gasteiger partial charge in [-0.3, -0.25) is 9.59 Å². The van der Waals surface area contributed by atoms with Crippen molar-refractivity contribution in [3.8, 4) is 0 Å². The first-order valence-corrected chi connectivity index (χ1v) is 5.15. The summed E-state index contributed by atoms with van der Waals surface area (Å²) in [6.07, 6.45) is 1.40. The molecule has 0 aromatic carbocycles. The molecule has 0 saturated carbocycles. The second kappa shape index (κ2) is 5.29. The molecule has 0 saturated heterocycles. The minimum atomic E-state index is -1.12. The summed E-state index contributed by atoms with van der Waals surface area (Å²) < 4.78 is 0. The standard InChI is InChI=1S/C11H14N2O4/c1-6(2)8(11(16)17)13-10(15)7-4-3-5-12-9(7)14/h3-6,8H,1-2H3,(H,12,14)(H,13,15)(H,16,17)/t8-/m1/s1. The van der Waals surface area contributed by atoms with Gasteiger partial charge in [-0.1, -0.05) is 13.8 Å². The van der Waals surface area contributed by atoms with Crippen molar-refractivity contribution in [2.75, 3.05) is 0 Å². The number of rotatable bonds is 4. The van der Waals surface area contributed by atoms with Crippen LogP contribution in [0.3, 0.4) is 0 Å². The van der Waals surface area contributed by atoms with Crippen LogP contribution in [0.15, 0.2) is 23.1 Å². The first-order valence-electron chi connectivity index (χ1n) is 5.15. The zero-order valence-electron chi connectivity index (χ0n) is 9.56. The van der Waals surface area contributed by atoms with E-state index >= 15 is 0 Å². The van der Waals surface area contributed by atoms with Crippen molar-refractivity contribution in [3.05, 3.63) is 34.2 Å². The predicted molar refractivity (Wildman–Crippen MR) is 60.8 cm³/mol. The number of aromatic nitrogens is 1. The second-order valence-electron chi connectivity index (χ2n) is 3.95. The number of carbonyl (C=O) groups excluding carboxylic acids is 1. The molecule has 0 aliphatic heterocycles. The number of nitrogens with one attached hydrogen (secondary N) is 2. The summed E-state index contributed by atoms with van der Waals surface area (Å²) in [6, 6.07) is 1.83. The Balaban J connectivity index is 2.89. The van der Waals surface area contributed by atoms with E-state index in [4.69, 9.17) is 5.11 Å². The lowest BCUT2D eigenvalue weighted by molar-refractivity contribution is -0.140. The van der Waals surface area contributed by atoms with Crippen molar-refractivity contribution in [1.82, 2.24) is 10.3 Å². The van der Waals surface area contributed by atoms with E-state index in [2.05, 4.69) is 10.3 Å². The van der Waals surface area contributed by atoms with Crippen molar-refractivity contribution < 1.29 is 14.7 Å². The summed E-state index contributed by atoms with van der Waals surface area (Å²) in [5.74, 6) is -2.08. The Bertz CT molecular complexity index is 478. The normalized spacial score (nSPS) is 12.2. The number of aliphatic carboxylic acids is 1. The van der Waals surface area contributed by atoms with Crippen LogP contribution in [0.1, 0.15) is 24.2 Å². The molecule has 0 bridgehead atoms. The minimum absolute atomic E-state index is 0.0978. The SMILES string of the molecule is CC(C)[C@@H](NC(=O)c1ccc[nH]c1=O)C(=O)O. The number of carboxylic acid groups (broad SMARTS) is 1. The smallest absolute Gasteiger partial charge is 0.326 e. The summed E-state index contributed by atoms with van der Waals surface area (Å²) >= 11 is 0. The molecule has 92 valence electrons. The fraction of sp³-hybridized carbons (Fsp3) is 0.364. The summed E-state index contributed by atoms with van der Waals surface area (Å²) in [5.41, 5.74) is -0.641. The zero-order chi connectivity index (χ0) is 13.0. The Morgan fingerprint density at radius 3 is 2.53 bits per heavy atom. The Hall–Kier alpha value is -2.11. The van der Waals surface area contributed by atoms with E-state index in [1.807, 2.05) is 0 Å². The molecule has 17 heavy (non-hydrogen) atoms.